The minimum atomic E-state index is 0.454. The van der Waals surface area contributed by atoms with E-state index in [0.29, 0.717) is 6.04 Å². The maximum Gasteiger partial charge on any atom is 0.127 e. The molecule has 1 fully saturated rings. The molecule has 1 aliphatic heterocycles. The summed E-state index contributed by atoms with van der Waals surface area (Å²) in [5, 5.41) is 0. The Bertz CT molecular complexity index is 993. The molecular weight excluding hydrogens is 392 g/mol. The molecule has 4 rings (SSSR count). The molecule has 0 aliphatic carbocycles. The van der Waals surface area contributed by atoms with E-state index in [4.69, 9.17) is 9.72 Å². The van der Waals surface area contributed by atoms with E-state index in [1.807, 2.05) is 6.20 Å². The molecule has 3 nitrogen and oxygen atoms in total. The number of aryl methyl sites for hydroxylation is 2. The molecule has 1 saturated heterocycles. The fraction of sp³-hybridized carbons (Fsp3) is 0.414. The molecular formula is C29H36N2O. The van der Waals surface area contributed by atoms with Crippen LogP contribution in [0.2, 0.25) is 0 Å². The maximum atomic E-state index is 5.90. The molecule has 32 heavy (non-hydrogen) atoms. The van der Waals surface area contributed by atoms with Crippen molar-refractivity contribution in [3.8, 4) is 17.0 Å². The zero-order valence-corrected chi connectivity index (χ0v) is 19.8. The number of rotatable bonds is 7. The zero-order valence-electron chi connectivity index (χ0n) is 19.8. The lowest BCUT2D eigenvalue weighted by atomic mass is 9.94. The molecule has 1 atom stereocenters. The van der Waals surface area contributed by atoms with E-state index in [-0.39, 0.29) is 0 Å². The van der Waals surface area contributed by atoms with Crippen LogP contribution in [0, 0.1) is 0 Å². The number of methoxy groups -OCH3 is 1. The van der Waals surface area contributed by atoms with Crippen molar-refractivity contribution in [1.82, 2.24) is 9.88 Å². The van der Waals surface area contributed by atoms with E-state index in [0.717, 1.165) is 37.4 Å². The van der Waals surface area contributed by atoms with Crippen LogP contribution in [0.15, 0.2) is 60.8 Å². The van der Waals surface area contributed by atoms with Gasteiger partial charge in [-0.25, -0.2) is 0 Å². The summed E-state index contributed by atoms with van der Waals surface area (Å²) in [4.78, 5) is 7.58. The van der Waals surface area contributed by atoms with Gasteiger partial charge in [-0.15, -0.1) is 0 Å². The van der Waals surface area contributed by atoms with Crippen LogP contribution in [-0.2, 0) is 19.4 Å². The molecule has 3 aromatic rings. The Balaban J connectivity index is 1.66. The number of benzene rings is 2. The van der Waals surface area contributed by atoms with E-state index in [2.05, 4.69) is 73.3 Å². The van der Waals surface area contributed by atoms with E-state index < -0.39 is 0 Å². The van der Waals surface area contributed by atoms with Crippen molar-refractivity contribution in [2.24, 2.45) is 0 Å². The van der Waals surface area contributed by atoms with Gasteiger partial charge in [0.1, 0.15) is 5.75 Å². The molecule has 0 bridgehead atoms. The minimum absolute atomic E-state index is 0.454. The zero-order chi connectivity index (χ0) is 22.3. The molecule has 1 unspecified atom stereocenters. The van der Waals surface area contributed by atoms with E-state index in [9.17, 15) is 0 Å². The maximum absolute atomic E-state index is 5.90. The highest BCUT2D eigenvalue weighted by molar-refractivity contribution is 5.69. The van der Waals surface area contributed by atoms with Crippen molar-refractivity contribution in [2.75, 3.05) is 13.7 Å². The van der Waals surface area contributed by atoms with Crippen molar-refractivity contribution >= 4 is 0 Å². The topological polar surface area (TPSA) is 25.4 Å². The smallest absolute Gasteiger partial charge is 0.127 e. The van der Waals surface area contributed by atoms with Crippen LogP contribution in [0.1, 0.15) is 67.8 Å². The summed E-state index contributed by atoms with van der Waals surface area (Å²) >= 11 is 0. The molecule has 1 aromatic heterocycles. The lowest BCUT2D eigenvalue weighted by molar-refractivity contribution is 0.190. The third-order valence-electron chi connectivity index (χ3n) is 6.84. The highest BCUT2D eigenvalue weighted by atomic mass is 16.5. The second-order valence-electron chi connectivity index (χ2n) is 8.79. The van der Waals surface area contributed by atoms with Crippen LogP contribution in [-0.4, -0.2) is 23.5 Å². The molecule has 0 saturated carbocycles. The molecule has 0 spiro atoms. The van der Waals surface area contributed by atoms with Gasteiger partial charge in [0.25, 0.3) is 0 Å². The Morgan fingerprint density at radius 3 is 2.34 bits per heavy atom. The summed E-state index contributed by atoms with van der Waals surface area (Å²) in [7, 11) is 1.78. The average molecular weight is 429 g/mol. The van der Waals surface area contributed by atoms with Gasteiger partial charge >= 0.3 is 0 Å². The van der Waals surface area contributed by atoms with Crippen molar-refractivity contribution in [3.63, 3.8) is 0 Å². The number of nitrogens with zero attached hydrogens (tertiary/aromatic N) is 2. The van der Waals surface area contributed by atoms with Gasteiger partial charge < -0.3 is 4.74 Å². The molecule has 0 N–H and O–H groups in total. The predicted molar refractivity (Wildman–Crippen MR) is 133 cm³/mol. The highest BCUT2D eigenvalue weighted by Gasteiger charge is 2.24. The Morgan fingerprint density at radius 1 is 0.906 bits per heavy atom. The molecule has 168 valence electrons. The largest absolute Gasteiger partial charge is 0.496 e. The Labute approximate surface area is 193 Å². The fourth-order valence-corrected chi connectivity index (χ4v) is 5.11. The number of hydrogen-bond acceptors (Lipinski definition) is 3. The molecule has 0 radical (unpaired) electrons. The summed E-state index contributed by atoms with van der Waals surface area (Å²) in [5.74, 6) is 0.944. The molecule has 2 heterocycles. The third-order valence-corrected chi connectivity index (χ3v) is 6.84. The third kappa shape index (κ3) is 4.88. The number of hydrogen-bond donors (Lipinski definition) is 0. The van der Waals surface area contributed by atoms with Gasteiger partial charge in [-0.05, 0) is 48.9 Å². The Hall–Kier alpha value is -2.65. The number of pyridine rings is 1. The minimum Gasteiger partial charge on any atom is -0.496 e. The number of aromatic nitrogens is 1. The van der Waals surface area contributed by atoms with Gasteiger partial charge in [0.15, 0.2) is 0 Å². The first-order valence-corrected chi connectivity index (χ1v) is 12.2. The summed E-state index contributed by atoms with van der Waals surface area (Å²) < 4.78 is 5.90. The van der Waals surface area contributed by atoms with E-state index in [1.165, 1.54) is 53.5 Å². The summed E-state index contributed by atoms with van der Waals surface area (Å²) in [6, 6.07) is 20.2. The first-order chi connectivity index (χ1) is 15.7. The highest BCUT2D eigenvalue weighted by Crippen LogP contribution is 2.35. The molecule has 1 aliphatic rings. The van der Waals surface area contributed by atoms with Crippen LogP contribution in [0.5, 0.6) is 5.75 Å². The van der Waals surface area contributed by atoms with Crippen molar-refractivity contribution in [3.05, 3.63) is 83.0 Å². The van der Waals surface area contributed by atoms with E-state index in [1.54, 1.807) is 7.11 Å². The van der Waals surface area contributed by atoms with Gasteiger partial charge in [0.2, 0.25) is 0 Å². The van der Waals surface area contributed by atoms with Crippen LogP contribution in [0.3, 0.4) is 0 Å². The molecule has 3 heteroatoms. The average Bonchev–Trinajstić information content (AvgIpc) is 3.09. The Morgan fingerprint density at radius 2 is 1.66 bits per heavy atom. The van der Waals surface area contributed by atoms with Crippen LogP contribution in [0.25, 0.3) is 11.3 Å². The van der Waals surface area contributed by atoms with Crippen LogP contribution < -0.4 is 4.74 Å². The first-order valence-electron chi connectivity index (χ1n) is 12.2. The Kier molecular flexibility index (Phi) is 7.59. The van der Waals surface area contributed by atoms with Gasteiger partial charge in [-0.3, -0.25) is 9.88 Å². The summed E-state index contributed by atoms with van der Waals surface area (Å²) in [5.41, 5.74) is 7.59. The lowest BCUT2D eigenvalue weighted by Crippen LogP contribution is -2.28. The second-order valence-corrected chi connectivity index (χ2v) is 8.79. The number of likely N-dealkylation sites (tertiary alicyclic amines) is 1. The van der Waals surface area contributed by atoms with Crippen LogP contribution >= 0.6 is 0 Å². The fourth-order valence-electron chi connectivity index (χ4n) is 5.11. The van der Waals surface area contributed by atoms with Gasteiger partial charge in [-0.1, -0.05) is 75.2 Å². The van der Waals surface area contributed by atoms with Crippen LogP contribution in [0.4, 0.5) is 0 Å². The van der Waals surface area contributed by atoms with Gasteiger partial charge in [-0.2, -0.15) is 0 Å². The van der Waals surface area contributed by atoms with Crippen molar-refractivity contribution in [2.45, 2.75) is 65.0 Å². The summed E-state index contributed by atoms with van der Waals surface area (Å²) in [6.45, 7) is 6.41. The van der Waals surface area contributed by atoms with Gasteiger partial charge in [0, 0.05) is 36.0 Å². The lowest BCUT2D eigenvalue weighted by Gasteiger charge is -2.31. The standard InChI is InChI=1S/C29H36N2O/c1-4-22-15-12-16-23(5-2)29(22)26-19-28(32-3)25(20-30-26)21-31-18-11-7-10-17-27(31)24-13-8-6-9-14-24/h6,8-9,12-16,19-20,27H,4-5,7,10-11,17-18,21H2,1-3H3. The van der Waals surface area contributed by atoms with E-state index >= 15 is 0 Å². The SMILES string of the molecule is CCc1cccc(CC)c1-c1cc(OC)c(CN2CCCCCC2c2ccccc2)cn1. The summed E-state index contributed by atoms with van der Waals surface area (Å²) in [6.07, 6.45) is 9.11. The second kappa shape index (κ2) is 10.8. The first kappa shape index (κ1) is 22.5. The van der Waals surface area contributed by atoms with Gasteiger partial charge in [0.05, 0.1) is 12.8 Å². The van der Waals surface area contributed by atoms with Crippen molar-refractivity contribution in [1.29, 1.82) is 0 Å². The van der Waals surface area contributed by atoms with Crippen molar-refractivity contribution < 1.29 is 4.74 Å². The predicted octanol–water partition coefficient (Wildman–Crippen LogP) is 7.00. The molecule has 2 aromatic carbocycles. The monoisotopic (exact) mass is 428 g/mol. The quantitative estimate of drug-likeness (QED) is 0.405. The normalized spacial score (nSPS) is 17.2. The molecule has 0 amide bonds. The number of ether oxygens (including phenoxy) is 1.